The Labute approximate surface area is 107 Å². The first-order chi connectivity index (χ1) is 7.95. The second-order valence-corrected chi connectivity index (χ2v) is 5.74. The number of aryl methyl sites for hydroxylation is 2. The fraction of sp³-hybridized carbons (Fsp3) is 0.462. The summed E-state index contributed by atoms with van der Waals surface area (Å²) in [7, 11) is 0. The van der Waals surface area contributed by atoms with Crippen molar-refractivity contribution in [1.82, 2.24) is 5.43 Å². The van der Waals surface area contributed by atoms with Gasteiger partial charge in [-0.1, -0.05) is 31.5 Å². The standard InChI is InChI=1S/C13H20N2OS/c1-8(2)12(13(16)15-14)17-11-7-9(3)5-6-10(11)4/h5-8,12H,14H2,1-4H3,(H,15,16). The summed E-state index contributed by atoms with van der Waals surface area (Å²) in [5, 5.41) is -0.152. The van der Waals surface area contributed by atoms with Crippen LogP contribution in [0.1, 0.15) is 25.0 Å². The van der Waals surface area contributed by atoms with Crippen LogP contribution in [0.15, 0.2) is 23.1 Å². The Balaban J connectivity index is 2.93. The van der Waals surface area contributed by atoms with Crippen LogP contribution in [0.25, 0.3) is 0 Å². The minimum atomic E-state index is -0.152. The van der Waals surface area contributed by atoms with E-state index in [1.54, 1.807) is 11.8 Å². The maximum atomic E-state index is 11.7. The van der Waals surface area contributed by atoms with E-state index in [4.69, 9.17) is 5.84 Å². The highest BCUT2D eigenvalue weighted by molar-refractivity contribution is 8.00. The van der Waals surface area contributed by atoms with Gasteiger partial charge >= 0.3 is 0 Å². The van der Waals surface area contributed by atoms with Gasteiger partial charge in [-0.15, -0.1) is 11.8 Å². The van der Waals surface area contributed by atoms with Gasteiger partial charge in [0.25, 0.3) is 0 Å². The molecular weight excluding hydrogens is 232 g/mol. The molecule has 1 atom stereocenters. The summed E-state index contributed by atoms with van der Waals surface area (Å²) in [6.45, 7) is 8.16. The third-order valence-corrected chi connectivity index (χ3v) is 4.31. The average Bonchev–Trinajstić information content (AvgIpc) is 2.28. The lowest BCUT2D eigenvalue weighted by Crippen LogP contribution is -2.39. The average molecular weight is 252 g/mol. The largest absolute Gasteiger partial charge is 0.293 e. The van der Waals surface area contributed by atoms with Gasteiger partial charge in [-0.2, -0.15) is 0 Å². The Morgan fingerprint density at radius 1 is 1.35 bits per heavy atom. The van der Waals surface area contributed by atoms with E-state index in [2.05, 4.69) is 37.5 Å². The monoisotopic (exact) mass is 252 g/mol. The predicted octanol–water partition coefficient (Wildman–Crippen LogP) is 2.41. The summed E-state index contributed by atoms with van der Waals surface area (Å²) in [5.74, 6) is 5.34. The number of hydrazine groups is 1. The fourth-order valence-corrected chi connectivity index (χ4v) is 2.77. The zero-order valence-electron chi connectivity index (χ0n) is 10.8. The molecule has 0 saturated heterocycles. The maximum absolute atomic E-state index is 11.7. The quantitative estimate of drug-likeness (QED) is 0.374. The number of hydrogen-bond donors (Lipinski definition) is 2. The highest BCUT2D eigenvalue weighted by atomic mass is 32.2. The molecule has 1 rings (SSSR count). The molecule has 1 unspecified atom stereocenters. The minimum absolute atomic E-state index is 0.120. The number of amides is 1. The van der Waals surface area contributed by atoms with Crippen LogP contribution in [0.5, 0.6) is 0 Å². The van der Waals surface area contributed by atoms with Crippen LogP contribution in [-0.2, 0) is 4.79 Å². The molecule has 4 heteroatoms. The van der Waals surface area contributed by atoms with E-state index in [0.29, 0.717) is 0 Å². The summed E-state index contributed by atoms with van der Waals surface area (Å²) in [6.07, 6.45) is 0. The summed E-state index contributed by atoms with van der Waals surface area (Å²) >= 11 is 1.58. The minimum Gasteiger partial charge on any atom is -0.293 e. The van der Waals surface area contributed by atoms with Gasteiger partial charge in [0.1, 0.15) is 0 Å². The molecule has 0 aromatic heterocycles. The molecule has 0 fully saturated rings. The van der Waals surface area contributed by atoms with Crippen molar-refractivity contribution in [2.45, 2.75) is 37.8 Å². The van der Waals surface area contributed by atoms with Crippen molar-refractivity contribution in [3.63, 3.8) is 0 Å². The van der Waals surface area contributed by atoms with E-state index in [9.17, 15) is 4.79 Å². The number of nitrogens with one attached hydrogen (secondary N) is 1. The third-order valence-electron chi connectivity index (χ3n) is 2.60. The summed E-state index contributed by atoms with van der Waals surface area (Å²) in [4.78, 5) is 12.8. The van der Waals surface area contributed by atoms with Gasteiger partial charge in [-0.25, -0.2) is 5.84 Å². The maximum Gasteiger partial charge on any atom is 0.247 e. The molecule has 3 nitrogen and oxygen atoms in total. The molecule has 0 spiro atoms. The number of nitrogens with two attached hydrogens (primary N) is 1. The molecular formula is C13H20N2OS. The van der Waals surface area contributed by atoms with Gasteiger partial charge in [0, 0.05) is 4.90 Å². The number of hydrogen-bond acceptors (Lipinski definition) is 3. The van der Waals surface area contributed by atoms with Crippen LogP contribution >= 0.6 is 11.8 Å². The highest BCUT2D eigenvalue weighted by Crippen LogP contribution is 2.31. The van der Waals surface area contributed by atoms with Gasteiger partial charge in [0.05, 0.1) is 5.25 Å². The molecule has 1 aromatic rings. The van der Waals surface area contributed by atoms with Gasteiger partial charge in [0.15, 0.2) is 0 Å². The number of benzene rings is 1. The molecule has 0 heterocycles. The van der Waals surface area contributed by atoms with Crippen molar-refractivity contribution in [1.29, 1.82) is 0 Å². The first-order valence-corrected chi connectivity index (χ1v) is 6.58. The molecule has 1 aromatic carbocycles. The molecule has 0 aliphatic carbocycles. The highest BCUT2D eigenvalue weighted by Gasteiger charge is 2.23. The van der Waals surface area contributed by atoms with E-state index in [1.165, 1.54) is 11.1 Å². The lowest BCUT2D eigenvalue weighted by atomic mass is 10.1. The van der Waals surface area contributed by atoms with Crippen molar-refractivity contribution in [3.05, 3.63) is 29.3 Å². The molecule has 0 radical (unpaired) electrons. The van der Waals surface area contributed by atoms with Crippen LogP contribution in [-0.4, -0.2) is 11.2 Å². The second-order valence-electron chi connectivity index (χ2n) is 4.56. The van der Waals surface area contributed by atoms with E-state index in [0.717, 1.165) is 4.90 Å². The van der Waals surface area contributed by atoms with E-state index < -0.39 is 0 Å². The molecule has 94 valence electrons. The first-order valence-electron chi connectivity index (χ1n) is 5.70. The van der Waals surface area contributed by atoms with Crippen molar-refractivity contribution in [3.8, 4) is 0 Å². The van der Waals surface area contributed by atoms with Gasteiger partial charge in [0.2, 0.25) is 5.91 Å². The summed E-state index contributed by atoms with van der Waals surface area (Å²) in [5.41, 5.74) is 4.63. The zero-order valence-corrected chi connectivity index (χ0v) is 11.6. The first kappa shape index (κ1) is 14.1. The molecule has 17 heavy (non-hydrogen) atoms. The number of carbonyl (C=O) groups is 1. The smallest absolute Gasteiger partial charge is 0.247 e. The van der Waals surface area contributed by atoms with Crippen LogP contribution in [0, 0.1) is 19.8 Å². The van der Waals surface area contributed by atoms with Gasteiger partial charge < -0.3 is 0 Å². The molecule has 0 saturated carbocycles. The number of carbonyl (C=O) groups excluding carboxylic acids is 1. The van der Waals surface area contributed by atoms with Crippen molar-refractivity contribution >= 4 is 17.7 Å². The second kappa shape index (κ2) is 6.07. The Kier molecular flexibility index (Phi) is 5.02. The third kappa shape index (κ3) is 3.75. The molecule has 3 N–H and O–H groups in total. The molecule has 0 aliphatic rings. The van der Waals surface area contributed by atoms with Crippen molar-refractivity contribution in [2.75, 3.05) is 0 Å². The van der Waals surface area contributed by atoms with Crippen LogP contribution in [0.2, 0.25) is 0 Å². The number of thioether (sulfide) groups is 1. The Morgan fingerprint density at radius 3 is 2.53 bits per heavy atom. The normalized spacial score (nSPS) is 12.6. The molecule has 0 aliphatic heterocycles. The fourth-order valence-electron chi connectivity index (χ4n) is 1.55. The topological polar surface area (TPSA) is 55.1 Å². The van der Waals surface area contributed by atoms with Gasteiger partial charge in [-0.3, -0.25) is 10.2 Å². The van der Waals surface area contributed by atoms with E-state index >= 15 is 0 Å². The summed E-state index contributed by atoms with van der Waals surface area (Å²) < 4.78 is 0. The van der Waals surface area contributed by atoms with Crippen LogP contribution < -0.4 is 11.3 Å². The Bertz CT molecular complexity index is 404. The van der Waals surface area contributed by atoms with Crippen LogP contribution in [0.4, 0.5) is 0 Å². The predicted molar refractivity (Wildman–Crippen MR) is 72.7 cm³/mol. The Hall–Kier alpha value is -1.00. The molecule has 0 bridgehead atoms. The summed E-state index contributed by atoms with van der Waals surface area (Å²) in [6, 6.07) is 6.27. The van der Waals surface area contributed by atoms with Crippen molar-refractivity contribution in [2.24, 2.45) is 11.8 Å². The lowest BCUT2D eigenvalue weighted by Gasteiger charge is -2.19. The molecule has 1 amide bonds. The lowest BCUT2D eigenvalue weighted by molar-refractivity contribution is -0.121. The zero-order chi connectivity index (χ0) is 13.0. The SMILES string of the molecule is Cc1ccc(C)c(SC(C(=O)NN)C(C)C)c1. The van der Waals surface area contributed by atoms with E-state index in [-0.39, 0.29) is 17.1 Å². The Morgan fingerprint density at radius 2 is 2.00 bits per heavy atom. The van der Waals surface area contributed by atoms with Crippen molar-refractivity contribution < 1.29 is 4.79 Å². The van der Waals surface area contributed by atoms with Gasteiger partial charge in [-0.05, 0) is 31.4 Å². The number of rotatable bonds is 4. The van der Waals surface area contributed by atoms with E-state index in [1.807, 2.05) is 13.8 Å². The van der Waals surface area contributed by atoms with Crippen LogP contribution in [0.3, 0.4) is 0 Å².